The van der Waals surface area contributed by atoms with Gasteiger partial charge in [-0.05, 0) is 62.3 Å². The van der Waals surface area contributed by atoms with Crippen molar-refractivity contribution in [3.05, 3.63) is 35.9 Å². The lowest BCUT2D eigenvalue weighted by molar-refractivity contribution is -0.143. The van der Waals surface area contributed by atoms with Crippen LogP contribution in [0.2, 0.25) is 0 Å². The molecule has 26 heteroatoms. The molecule has 1 rings (SSSR count). The number of guanidine groups is 3. The van der Waals surface area contributed by atoms with Gasteiger partial charge in [0.15, 0.2) is 17.9 Å². The Morgan fingerprint density at radius 3 is 1.45 bits per heavy atom. The molecule has 0 saturated heterocycles. The van der Waals surface area contributed by atoms with Gasteiger partial charge in [-0.15, -0.1) is 0 Å². The summed E-state index contributed by atoms with van der Waals surface area (Å²) in [7, 11) is 0. The average Bonchev–Trinajstić information content (AvgIpc) is 3.28. The molecule has 1 aromatic carbocycles. The van der Waals surface area contributed by atoms with E-state index in [1.54, 1.807) is 44.2 Å². The van der Waals surface area contributed by atoms with E-state index in [0.29, 0.717) is 12.0 Å². The number of rotatable bonds is 33. The summed E-state index contributed by atoms with van der Waals surface area (Å²) in [5.41, 5.74) is 38.8. The van der Waals surface area contributed by atoms with E-state index in [1.807, 2.05) is 13.8 Å². The molecule has 0 radical (unpaired) electrons. The second-order valence-corrected chi connectivity index (χ2v) is 16.7. The first-order valence-electron chi connectivity index (χ1n) is 22.8. The van der Waals surface area contributed by atoms with Gasteiger partial charge in [0.2, 0.25) is 41.4 Å². The van der Waals surface area contributed by atoms with E-state index >= 15 is 0 Å². The van der Waals surface area contributed by atoms with Crippen LogP contribution in [0.25, 0.3) is 0 Å². The first kappa shape index (κ1) is 59.8. The van der Waals surface area contributed by atoms with Crippen LogP contribution in [0, 0.1) is 11.8 Å². The van der Waals surface area contributed by atoms with Crippen LogP contribution in [0.3, 0.4) is 0 Å². The third kappa shape index (κ3) is 25.5. The Hall–Kier alpha value is -7.25. The molecule has 0 aromatic heterocycles. The number of carbonyl (C=O) groups is 8. The lowest BCUT2D eigenvalue weighted by Gasteiger charge is -2.29. The van der Waals surface area contributed by atoms with E-state index in [-0.39, 0.29) is 101 Å². The Balaban J connectivity index is 3.55. The van der Waals surface area contributed by atoms with Crippen LogP contribution in [-0.2, 0) is 44.8 Å². The largest absolute Gasteiger partial charge is 0.480 e. The van der Waals surface area contributed by atoms with Crippen molar-refractivity contribution in [3.8, 4) is 0 Å². The van der Waals surface area contributed by atoms with Crippen molar-refractivity contribution in [2.75, 3.05) is 32.7 Å². The zero-order valence-corrected chi connectivity index (χ0v) is 40.0. The Morgan fingerprint density at radius 1 is 0.565 bits per heavy atom. The first-order valence-corrected chi connectivity index (χ1v) is 22.8. The predicted octanol–water partition coefficient (Wildman–Crippen LogP) is -4.45. The SMILES string of the molecule is CCC(C)C(NC(=O)C(CCCN=C(N)N)NC(=O)C(CCCN=C(N)N)NC(=O)C(CC(C)C)NC(=O)C(Cc1ccccc1)NC(=O)CNC(=O)CN)C(=O)NC(CCCN=C(N)N)C(=O)O. The third-order valence-electron chi connectivity index (χ3n) is 10.4. The zero-order chi connectivity index (χ0) is 52.1. The number of carboxylic acids is 1. The lowest BCUT2D eigenvalue weighted by atomic mass is 9.96. The molecule has 1 aromatic rings. The highest BCUT2D eigenvalue weighted by Gasteiger charge is 2.35. The zero-order valence-electron chi connectivity index (χ0n) is 40.0. The second kappa shape index (κ2) is 32.5. The monoisotopic (exact) mass is 974 g/mol. The van der Waals surface area contributed by atoms with Gasteiger partial charge in [0.25, 0.3) is 0 Å². The molecule has 7 atom stereocenters. The van der Waals surface area contributed by atoms with Crippen molar-refractivity contribution in [2.45, 2.75) is 122 Å². The molecule has 0 heterocycles. The minimum absolute atomic E-state index is 0.0160. The average molecular weight is 974 g/mol. The highest BCUT2D eigenvalue weighted by molar-refractivity contribution is 5.97. The highest BCUT2D eigenvalue weighted by Crippen LogP contribution is 2.13. The van der Waals surface area contributed by atoms with Gasteiger partial charge in [-0.3, -0.25) is 48.5 Å². The van der Waals surface area contributed by atoms with Gasteiger partial charge >= 0.3 is 5.97 Å². The summed E-state index contributed by atoms with van der Waals surface area (Å²) < 4.78 is 0. The lowest BCUT2D eigenvalue weighted by Crippen LogP contribution is -2.60. The number of benzene rings is 1. The Labute approximate surface area is 402 Å². The van der Waals surface area contributed by atoms with Crippen molar-refractivity contribution in [3.63, 3.8) is 0 Å². The van der Waals surface area contributed by atoms with Gasteiger partial charge in [-0.2, -0.15) is 0 Å². The van der Waals surface area contributed by atoms with E-state index in [9.17, 15) is 43.5 Å². The van der Waals surface area contributed by atoms with Crippen molar-refractivity contribution in [1.82, 2.24) is 37.2 Å². The van der Waals surface area contributed by atoms with Crippen molar-refractivity contribution < 1.29 is 43.5 Å². The quantitative estimate of drug-likeness (QED) is 0.0179. The van der Waals surface area contributed by atoms with Gasteiger partial charge in [0, 0.05) is 26.1 Å². The van der Waals surface area contributed by atoms with E-state index in [2.05, 4.69) is 52.2 Å². The van der Waals surface area contributed by atoms with Crippen LogP contribution in [0.15, 0.2) is 45.3 Å². The summed E-state index contributed by atoms with van der Waals surface area (Å²) in [6, 6.07) is 1.02. The second-order valence-electron chi connectivity index (χ2n) is 16.7. The topological polar surface area (TPSA) is 460 Å². The van der Waals surface area contributed by atoms with Gasteiger partial charge in [0.05, 0.1) is 13.1 Å². The van der Waals surface area contributed by atoms with Crippen LogP contribution < -0.4 is 77.4 Å². The summed E-state index contributed by atoms with van der Waals surface area (Å²) in [4.78, 5) is 119. The Morgan fingerprint density at radius 2 is 1.00 bits per heavy atom. The minimum atomic E-state index is -1.35. The third-order valence-corrected chi connectivity index (χ3v) is 10.4. The maximum absolute atomic E-state index is 14.3. The summed E-state index contributed by atoms with van der Waals surface area (Å²) in [6.45, 7) is 6.48. The number of aliphatic imine (C=N–C) groups is 3. The van der Waals surface area contributed by atoms with E-state index in [0.717, 1.165) is 0 Å². The summed E-state index contributed by atoms with van der Waals surface area (Å²) in [5.74, 6) is -7.81. The van der Waals surface area contributed by atoms with Crippen LogP contribution in [0.5, 0.6) is 0 Å². The van der Waals surface area contributed by atoms with E-state index < -0.39 is 96.0 Å². The molecule has 0 bridgehead atoms. The van der Waals surface area contributed by atoms with Gasteiger partial charge in [-0.25, -0.2) is 4.79 Å². The summed E-state index contributed by atoms with van der Waals surface area (Å²) in [5, 5.41) is 28.1. The molecule has 0 aliphatic heterocycles. The maximum atomic E-state index is 14.3. The molecule has 7 amide bonds. The first-order chi connectivity index (χ1) is 32.6. The minimum Gasteiger partial charge on any atom is -0.480 e. The molecule has 7 unspecified atom stereocenters. The number of hydrogen-bond donors (Lipinski definition) is 15. The van der Waals surface area contributed by atoms with Crippen molar-refractivity contribution in [1.29, 1.82) is 0 Å². The van der Waals surface area contributed by atoms with Crippen LogP contribution in [0.4, 0.5) is 0 Å². The number of hydrogen-bond acceptors (Lipinski definition) is 12. The molecule has 0 aliphatic carbocycles. The molecule has 0 fully saturated rings. The molecule has 0 spiro atoms. The molecule has 26 nitrogen and oxygen atoms in total. The van der Waals surface area contributed by atoms with Gasteiger partial charge in [0.1, 0.15) is 36.3 Å². The fraction of sp³-hybridized carbons (Fsp3) is 0.605. The highest BCUT2D eigenvalue weighted by atomic mass is 16.4. The van der Waals surface area contributed by atoms with Crippen LogP contribution in [0.1, 0.15) is 84.6 Å². The normalized spacial score (nSPS) is 13.8. The Kier molecular flexibility index (Phi) is 28.1. The molecule has 386 valence electrons. The smallest absolute Gasteiger partial charge is 0.326 e. The number of carbonyl (C=O) groups excluding carboxylic acids is 7. The van der Waals surface area contributed by atoms with E-state index in [4.69, 9.17) is 40.1 Å². The number of nitrogens with two attached hydrogens (primary N) is 7. The molecular weight excluding hydrogens is 899 g/mol. The fourth-order valence-corrected chi connectivity index (χ4v) is 6.60. The number of amides is 7. The molecule has 22 N–H and O–H groups in total. The van der Waals surface area contributed by atoms with Crippen LogP contribution >= 0.6 is 0 Å². The molecule has 69 heavy (non-hydrogen) atoms. The summed E-state index contributed by atoms with van der Waals surface area (Å²) in [6.07, 6.45) is 0.894. The Bertz CT molecular complexity index is 1920. The van der Waals surface area contributed by atoms with Crippen molar-refractivity contribution in [2.24, 2.45) is 66.9 Å². The van der Waals surface area contributed by atoms with E-state index in [1.165, 1.54) is 0 Å². The van der Waals surface area contributed by atoms with Gasteiger partial charge < -0.3 is 82.5 Å². The molecule has 0 saturated carbocycles. The van der Waals surface area contributed by atoms with Crippen LogP contribution in [-0.4, -0.2) is 139 Å². The number of aliphatic carboxylic acids is 1. The number of nitrogens with one attached hydrogen (secondary N) is 7. The number of nitrogens with zero attached hydrogens (tertiary/aromatic N) is 3. The van der Waals surface area contributed by atoms with Gasteiger partial charge in [-0.1, -0.05) is 64.4 Å². The predicted molar refractivity (Wildman–Crippen MR) is 260 cm³/mol. The maximum Gasteiger partial charge on any atom is 0.326 e. The fourth-order valence-electron chi connectivity index (χ4n) is 6.60. The number of carboxylic acid groups (broad SMARTS) is 1. The molecule has 0 aliphatic rings. The van der Waals surface area contributed by atoms with Crippen molar-refractivity contribution >= 4 is 65.2 Å². The standard InChI is InChI=1S/C43H75N17O9/c1-5-25(4)34(39(67)58-29(40(68)69)16-11-19-53-43(49)50)60-36(64)28(15-10-18-52-42(47)48)56-35(63)27(14-9-17-51-41(45)46)57-37(65)30(20-24(2)3)59-38(66)31(21-26-12-7-6-8-13-26)55-33(62)23-54-32(61)22-44/h6-8,12-13,24-25,27-31,34H,5,9-11,14-23,44H2,1-4H3,(H,54,61)(H,55,62)(H,56,63)(H,57,65)(H,58,67)(H,59,66)(H,60,64)(H,68,69)(H4,45,46,51)(H4,47,48,52)(H4,49,50,53). The summed E-state index contributed by atoms with van der Waals surface area (Å²) >= 11 is 0. The molecular formula is C43H75N17O9.